The lowest BCUT2D eigenvalue weighted by atomic mass is 10.2. The van der Waals surface area contributed by atoms with Crippen molar-refractivity contribution in [2.24, 2.45) is 0 Å². The van der Waals surface area contributed by atoms with E-state index in [1.54, 1.807) is 35.2 Å². The molecule has 1 atom stereocenters. The number of benzene rings is 2. The molecule has 1 aliphatic heterocycles. The average molecular weight is 438 g/mol. The number of anilines is 2. The minimum Gasteiger partial charge on any atom is -0.323 e. The van der Waals surface area contributed by atoms with Gasteiger partial charge in [-0.15, -0.1) is 0 Å². The van der Waals surface area contributed by atoms with Gasteiger partial charge >= 0.3 is 0 Å². The van der Waals surface area contributed by atoms with Crippen LogP contribution in [0.4, 0.5) is 15.8 Å². The number of halogens is 3. The van der Waals surface area contributed by atoms with Crippen LogP contribution in [-0.2, 0) is 9.59 Å². The summed E-state index contributed by atoms with van der Waals surface area (Å²) in [5.41, 5.74) is 1.08. The fourth-order valence-corrected chi connectivity index (χ4v) is 3.84. The van der Waals surface area contributed by atoms with E-state index < -0.39 is 6.04 Å². The molecule has 3 rings (SSSR count). The lowest BCUT2D eigenvalue weighted by Crippen LogP contribution is -2.46. The van der Waals surface area contributed by atoms with E-state index >= 15 is 0 Å². The van der Waals surface area contributed by atoms with Crippen molar-refractivity contribution in [2.45, 2.75) is 25.8 Å². The predicted octanol–water partition coefficient (Wildman–Crippen LogP) is 4.59. The van der Waals surface area contributed by atoms with Gasteiger partial charge in [-0.05, 0) is 68.8 Å². The molecule has 8 heteroatoms. The maximum absolute atomic E-state index is 13.2. The number of nitrogens with one attached hydrogen (secondary N) is 1. The number of carbonyl (C=O) groups is 2. The van der Waals surface area contributed by atoms with Gasteiger partial charge < -0.3 is 10.2 Å². The number of hydrogen-bond donors (Lipinski definition) is 1. The molecule has 0 unspecified atom stereocenters. The monoisotopic (exact) mass is 437 g/mol. The van der Waals surface area contributed by atoms with Crippen molar-refractivity contribution < 1.29 is 14.0 Å². The van der Waals surface area contributed by atoms with Gasteiger partial charge in [0.25, 0.3) is 0 Å². The Bertz CT molecular complexity index is 892. The Labute approximate surface area is 179 Å². The second-order valence-electron chi connectivity index (χ2n) is 6.86. The third kappa shape index (κ3) is 5.26. The molecule has 5 nitrogen and oxygen atoms in total. The Balaban J connectivity index is 1.68. The first kappa shape index (κ1) is 21.6. The van der Waals surface area contributed by atoms with E-state index in [1.807, 2.05) is 11.8 Å². The number of carbonyl (C=O) groups excluding carboxylic acids is 2. The summed E-state index contributed by atoms with van der Waals surface area (Å²) in [7, 11) is 0. The molecule has 2 amide bonds. The van der Waals surface area contributed by atoms with Gasteiger partial charge in [-0.3, -0.25) is 14.5 Å². The number of hydrogen-bond acceptors (Lipinski definition) is 3. The quantitative estimate of drug-likeness (QED) is 0.718. The van der Waals surface area contributed by atoms with Gasteiger partial charge in [0.15, 0.2) is 0 Å². The smallest absolute Gasteiger partial charge is 0.241 e. The fraction of sp³-hybridized carbons (Fsp3) is 0.333. The molecule has 0 bridgehead atoms. The summed E-state index contributed by atoms with van der Waals surface area (Å²) in [5, 5.41) is 3.69. The van der Waals surface area contributed by atoms with Crippen LogP contribution in [0.3, 0.4) is 0 Å². The number of amides is 2. The van der Waals surface area contributed by atoms with Crippen molar-refractivity contribution >= 4 is 46.4 Å². The van der Waals surface area contributed by atoms with Crippen molar-refractivity contribution in [3.05, 3.63) is 58.3 Å². The number of rotatable bonds is 6. The molecule has 1 saturated heterocycles. The topological polar surface area (TPSA) is 52.7 Å². The lowest BCUT2D eigenvalue weighted by molar-refractivity contribution is -0.123. The highest BCUT2D eigenvalue weighted by Crippen LogP contribution is 2.27. The zero-order valence-electron chi connectivity index (χ0n) is 16.0. The van der Waals surface area contributed by atoms with Crippen LogP contribution in [0.15, 0.2) is 42.5 Å². The van der Waals surface area contributed by atoms with Gasteiger partial charge in [-0.25, -0.2) is 4.39 Å². The Hall–Kier alpha value is -2.15. The molecule has 0 spiro atoms. The van der Waals surface area contributed by atoms with Crippen LogP contribution in [0.5, 0.6) is 0 Å². The molecule has 1 N–H and O–H groups in total. The van der Waals surface area contributed by atoms with Crippen LogP contribution >= 0.6 is 23.2 Å². The van der Waals surface area contributed by atoms with Crippen LogP contribution in [0, 0.1) is 5.82 Å². The standard InChI is InChI=1S/C21H22Cl2FN3O2/c1-2-27(16-8-6-15(24)7-9-16)20(28)13-26-11-3-4-19(26)21(29)25-18-12-14(22)5-10-17(18)23/h5-10,12,19H,2-4,11,13H2,1H3,(H,25,29)/t19-/m1/s1. The molecule has 2 aromatic carbocycles. The Morgan fingerprint density at radius 3 is 2.62 bits per heavy atom. The first-order valence-corrected chi connectivity index (χ1v) is 10.2. The summed E-state index contributed by atoms with van der Waals surface area (Å²) in [5.74, 6) is -0.711. The van der Waals surface area contributed by atoms with E-state index in [-0.39, 0.29) is 24.2 Å². The van der Waals surface area contributed by atoms with Crippen molar-refractivity contribution in [3.8, 4) is 0 Å². The van der Waals surface area contributed by atoms with E-state index in [1.165, 1.54) is 12.1 Å². The minimum absolute atomic E-state index is 0.104. The van der Waals surface area contributed by atoms with Crippen LogP contribution in [0.1, 0.15) is 19.8 Å². The fourth-order valence-electron chi connectivity index (χ4n) is 3.50. The second-order valence-corrected chi connectivity index (χ2v) is 7.70. The van der Waals surface area contributed by atoms with Gasteiger partial charge in [-0.2, -0.15) is 0 Å². The summed E-state index contributed by atoms with van der Waals surface area (Å²) in [6, 6.07) is 10.2. The first-order valence-electron chi connectivity index (χ1n) is 9.45. The molecule has 1 heterocycles. The minimum atomic E-state index is -0.430. The summed E-state index contributed by atoms with van der Waals surface area (Å²) < 4.78 is 13.2. The Morgan fingerprint density at radius 1 is 1.21 bits per heavy atom. The molecule has 0 aliphatic carbocycles. The molecule has 0 aromatic heterocycles. The number of likely N-dealkylation sites (tertiary alicyclic amines) is 1. The van der Waals surface area contributed by atoms with Crippen LogP contribution in [-0.4, -0.2) is 42.4 Å². The summed E-state index contributed by atoms with van der Waals surface area (Å²) in [6.45, 7) is 3.06. The normalized spacial score (nSPS) is 16.6. The Kier molecular flexibility index (Phi) is 7.11. The van der Waals surface area contributed by atoms with Crippen molar-refractivity contribution in [2.75, 3.05) is 29.9 Å². The van der Waals surface area contributed by atoms with E-state index in [0.29, 0.717) is 40.9 Å². The molecular formula is C21H22Cl2FN3O2. The molecule has 1 fully saturated rings. The first-order chi connectivity index (χ1) is 13.9. The Morgan fingerprint density at radius 2 is 1.93 bits per heavy atom. The zero-order chi connectivity index (χ0) is 21.0. The third-order valence-electron chi connectivity index (χ3n) is 4.95. The highest BCUT2D eigenvalue weighted by atomic mass is 35.5. The van der Waals surface area contributed by atoms with E-state index in [9.17, 15) is 14.0 Å². The number of nitrogens with zero attached hydrogens (tertiary/aromatic N) is 2. The van der Waals surface area contributed by atoms with Crippen LogP contribution in [0.2, 0.25) is 10.0 Å². The largest absolute Gasteiger partial charge is 0.323 e. The summed E-state index contributed by atoms with van der Waals surface area (Å²) in [6.07, 6.45) is 1.47. The highest BCUT2D eigenvalue weighted by Gasteiger charge is 2.33. The maximum Gasteiger partial charge on any atom is 0.241 e. The molecule has 1 aliphatic rings. The molecule has 2 aromatic rings. The molecule has 154 valence electrons. The molecule has 29 heavy (non-hydrogen) atoms. The zero-order valence-corrected chi connectivity index (χ0v) is 17.5. The predicted molar refractivity (Wildman–Crippen MR) is 114 cm³/mol. The maximum atomic E-state index is 13.2. The third-order valence-corrected chi connectivity index (χ3v) is 5.51. The summed E-state index contributed by atoms with van der Waals surface area (Å²) >= 11 is 12.1. The lowest BCUT2D eigenvalue weighted by Gasteiger charge is -2.27. The van der Waals surface area contributed by atoms with E-state index in [4.69, 9.17) is 23.2 Å². The van der Waals surface area contributed by atoms with Gasteiger partial charge in [0.05, 0.1) is 23.3 Å². The van der Waals surface area contributed by atoms with Gasteiger partial charge in [0.2, 0.25) is 11.8 Å². The molecule has 0 radical (unpaired) electrons. The van der Waals surface area contributed by atoms with Crippen LogP contribution < -0.4 is 10.2 Å². The van der Waals surface area contributed by atoms with Crippen molar-refractivity contribution in [1.82, 2.24) is 4.90 Å². The van der Waals surface area contributed by atoms with E-state index in [2.05, 4.69) is 5.32 Å². The van der Waals surface area contributed by atoms with Gasteiger partial charge in [0.1, 0.15) is 5.82 Å². The summed E-state index contributed by atoms with van der Waals surface area (Å²) in [4.78, 5) is 29.1. The highest BCUT2D eigenvalue weighted by molar-refractivity contribution is 6.35. The SMILES string of the molecule is CCN(C(=O)CN1CCC[C@@H]1C(=O)Nc1cc(Cl)ccc1Cl)c1ccc(F)cc1. The van der Waals surface area contributed by atoms with Gasteiger partial charge in [0, 0.05) is 17.3 Å². The molecule has 0 saturated carbocycles. The number of likely N-dealkylation sites (N-methyl/N-ethyl adjacent to an activating group) is 1. The van der Waals surface area contributed by atoms with E-state index in [0.717, 1.165) is 6.42 Å². The second kappa shape index (κ2) is 9.57. The molecular weight excluding hydrogens is 416 g/mol. The van der Waals surface area contributed by atoms with Gasteiger partial charge in [-0.1, -0.05) is 23.2 Å². The average Bonchev–Trinajstić information content (AvgIpc) is 3.15. The van der Waals surface area contributed by atoms with Crippen molar-refractivity contribution in [3.63, 3.8) is 0 Å². The van der Waals surface area contributed by atoms with Crippen molar-refractivity contribution in [1.29, 1.82) is 0 Å². The van der Waals surface area contributed by atoms with Crippen LogP contribution in [0.25, 0.3) is 0 Å².